The van der Waals surface area contributed by atoms with E-state index in [0.717, 1.165) is 21.1 Å². The molecule has 0 aliphatic rings. The zero-order chi connectivity index (χ0) is 25.1. The monoisotopic (exact) mass is 498 g/mol. The van der Waals surface area contributed by atoms with E-state index in [9.17, 15) is 14.4 Å². The Balaban J connectivity index is 1.26. The molecule has 0 spiro atoms. The molecule has 0 atom stereocenters. The number of nitrogens with one attached hydrogen (secondary N) is 1. The highest BCUT2D eigenvalue weighted by Crippen LogP contribution is 2.33. The van der Waals surface area contributed by atoms with Crippen LogP contribution in [0.3, 0.4) is 0 Å². The Bertz CT molecular complexity index is 1670. The second kappa shape index (κ2) is 10.0. The van der Waals surface area contributed by atoms with Crippen LogP contribution >= 0.6 is 11.3 Å². The Morgan fingerprint density at radius 1 is 1.00 bits per heavy atom. The van der Waals surface area contributed by atoms with Gasteiger partial charge in [-0.2, -0.15) is 5.10 Å². The van der Waals surface area contributed by atoms with Gasteiger partial charge in [0.2, 0.25) is 5.91 Å². The number of nitrogens with zero attached hydrogens (tertiary/aromatic N) is 5. The van der Waals surface area contributed by atoms with Gasteiger partial charge in [-0.25, -0.2) is 14.6 Å². The minimum absolute atomic E-state index is 0.165. The van der Waals surface area contributed by atoms with Crippen molar-refractivity contribution in [3.8, 4) is 21.1 Å². The lowest BCUT2D eigenvalue weighted by Crippen LogP contribution is -2.36. The Morgan fingerprint density at radius 2 is 1.78 bits per heavy atom. The highest BCUT2D eigenvalue weighted by atomic mass is 32.1. The Labute approximate surface area is 209 Å². The van der Waals surface area contributed by atoms with Crippen molar-refractivity contribution < 1.29 is 4.79 Å². The van der Waals surface area contributed by atoms with Gasteiger partial charge in [0.05, 0.1) is 34.3 Å². The van der Waals surface area contributed by atoms with Crippen molar-refractivity contribution in [2.75, 3.05) is 6.54 Å². The standard InChI is InChI=1S/C26H22N6O3S/c1-17-24(36-25(29-17)18-7-3-2-4-8-18)21-11-12-23(34)32(30-21)14-13-27-22(33)15-31-16-28-20-10-6-5-9-19(20)26(31)35/h2-12,16H,13-15H2,1H3,(H,27,33). The lowest BCUT2D eigenvalue weighted by Gasteiger charge is -2.09. The fourth-order valence-electron chi connectivity index (χ4n) is 3.80. The average Bonchev–Trinajstić information content (AvgIpc) is 3.29. The zero-order valence-electron chi connectivity index (χ0n) is 19.4. The third-order valence-electron chi connectivity index (χ3n) is 5.61. The zero-order valence-corrected chi connectivity index (χ0v) is 20.2. The number of hydrogen-bond donors (Lipinski definition) is 1. The van der Waals surface area contributed by atoms with Crippen LogP contribution in [0.15, 0.2) is 82.6 Å². The molecule has 0 fully saturated rings. The second-order valence-corrected chi connectivity index (χ2v) is 9.12. The maximum atomic E-state index is 12.6. The van der Waals surface area contributed by atoms with Crippen molar-refractivity contribution in [2.45, 2.75) is 20.0 Å². The molecule has 0 aliphatic heterocycles. The predicted octanol–water partition coefficient (Wildman–Crippen LogP) is 2.87. The van der Waals surface area contributed by atoms with E-state index >= 15 is 0 Å². The number of hydrogen-bond acceptors (Lipinski definition) is 7. The van der Waals surface area contributed by atoms with Crippen LogP contribution in [-0.4, -0.2) is 36.8 Å². The first-order valence-electron chi connectivity index (χ1n) is 11.3. The van der Waals surface area contributed by atoms with Crippen LogP contribution < -0.4 is 16.4 Å². The summed E-state index contributed by atoms with van der Waals surface area (Å²) >= 11 is 1.52. The van der Waals surface area contributed by atoms with Gasteiger partial charge in [-0.1, -0.05) is 42.5 Å². The summed E-state index contributed by atoms with van der Waals surface area (Å²) in [5, 5.41) is 8.58. The van der Waals surface area contributed by atoms with Gasteiger partial charge >= 0.3 is 0 Å². The molecule has 0 aliphatic carbocycles. The van der Waals surface area contributed by atoms with Crippen LogP contribution in [-0.2, 0) is 17.9 Å². The van der Waals surface area contributed by atoms with Crippen LogP contribution in [0.25, 0.3) is 32.0 Å². The van der Waals surface area contributed by atoms with Crippen LogP contribution in [0, 0.1) is 6.92 Å². The van der Waals surface area contributed by atoms with Gasteiger partial charge in [-0.05, 0) is 25.1 Å². The molecule has 10 heteroatoms. The summed E-state index contributed by atoms with van der Waals surface area (Å²) in [6.45, 7) is 2.12. The van der Waals surface area contributed by atoms with Crippen molar-refractivity contribution in [2.24, 2.45) is 0 Å². The molecule has 5 aromatic rings. The summed E-state index contributed by atoms with van der Waals surface area (Å²) in [5.41, 5.74) is 2.53. The van der Waals surface area contributed by atoms with E-state index in [1.807, 2.05) is 37.3 Å². The Kier molecular flexibility index (Phi) is 6.50. The van der Waals surface area contributed by atoms with Crippen molar-refractivity contribution in [3.05, 3.63) is 99.5 Å². The van der Waals surface area contributed by atoms with Crippen molar-refractivity contribution in [1.82, 2.24) is 29.6 Å². The van der Waals surface area contributed by atoms with E-state index in [1.165, 1.54) is 33.0 Å². The number of carbonyl (C=O) groups excluding carboxylic acids is 1. The maximum Gasteiger partial charge on any atom is 0.266 e. The number of para-hydroxylation sites is 1. The molecule has 1 amide bonds. The third-order valence-corrected chi connectivity index (χ3v) is 6.84. The number of aromatic nitrogens is 5. The summed E-state index contributed by atoms with van der Waals surface area (Å²) in [6.07, 6.45) is 1.36. The molecule has 0 saturated heterocycles. The lowest BCUT2D eigenvalue weighted by molar-refractivity contribution is -0.121. The molecule has 0 bridgehead atoms. The predicted molar refractivity (Wildman–Crippen MR) is 139 cm³/mol. The quantitative estimate of drug-likeness (QED) is 0.369. The first-order chi connectivity index (χ1) is 17.5. The Hall–Kier alpha value is -4.44. The minimum Gasteiger partial charge on any atom is -0.353 e. The van der Waals surface area contributed by atoms with E-state index in [0.29, 0.717) is 16.6 Å². The highest BCUT2D eigenvalue weighted by molar-refractivity contribution is 7.18. The largest absolute Gasteiger partial charge is 0.353 e. The number of thiazole rings is 1. The molecule has 5 rings (SSSR count). The molecule has 36 heavy (non-hydrogen) atoms. The smallest absolute Gasteiger partial charge is 0.266 e. The second-order valence-electron chi connectivity index (χ2n) is 8.12. The minimum atomic E-state index is -0.357. The van der Waals surface area contributed by atoms with Crippen LogP contribution in [0.4, 0.5) is 0 Å². The fraction of sp³-hybridized carbons (Fsp3) is 0.154. The SMILES string of the molecule is Cc1nc(-c2ccccc2)sc1-c1ccc(=O)n(CCNC(=O)Cn2cnc3ccccc3c2=O)n1. The summed E-state index contributed by atoms with van der Waals surface area (Å²) in [7, 11) is 0. The molecule has 1 N–H and O–H groups in total. The summed E-state index contributed by atoms with van der Waals surface area (Å²) in [5.74, 6) is -0.357. The Morgan fingerprint density at radius 3 is 2.61 bits per heavy atom. The van der Waals surface area contributed by atoms with Gasteiger partial charge in [0, 0.05) is 18.2 Å². The van der Waals surface area contributed by atoms with E-state index < -0.39 is 0 Å². The third kappa shape index (κ3) is 4.84. The molecule has 0 saturated carbocycles. The lowest BCUT2D eigenvalue weighted by atomic mass is 10.2. The van der Waals surface area contributed by atoms with E-state index in [2.05, 4.69) is 20.4 Å². The maximum absolute atomic E-state index is 12.6. The van der Waals surface area contributed by atoms with Crippen LogP contribution in [0.5, 0.6) is 0 Å². The molecule has 2 aromatic carbocycles. The molecule has 0 radical (unpaired) electrons. The molecule has 0 unspecified atom stereocenters. The van der Waals surface area contributed by atoms with Gasteiger partial charge in [-0.3, -0.25) is 19.0 Å². The van der Waals surface area contributed by atoms with E-state index in [1.54, 1.807) is 30.3 Å². The number of rotatable bonds is 7. The molecule has 3 heterocycles. The average molecular weight is 499 g/mol. The van der Waals surface area contributed by atoms with Gasteiger partial charge < -0.3 is 5.32 Å². The molecule has 9 nitrogen and oxygen atoms in total. The molecular weight excluding hydrogens is 476 g/mol. The summed E-state index contributed by atoms with van der Waals surface area (Å²) in [4.78, 5) is 47.2. The van der Waals surface area contributed by atoms with Crippen molar-refractivity contribution >= 4 is 28.1 Å². The highest BCUT2D eigenvalue weighted by Gasteiger charge is 2.14. The fourth-order valence-corrected chi connectivity index (χ4v) is 4.84. The number of benzene rings is 2. The number of carbonyl (C=O) groups is 1. The first-order valence-corrected chi connectivity index (χ1v) is 12.1. The van der Waals surface area contributed by atoms with Gasteiger partial charge in [0.1, 0.15) is 17.2 Å². The molecular formula is C26H22N6O3S. The molecule has 180 valence electrons. The number of aryl methyl sites for hydroxylation is 1. The van der Waals surface area contributed by atoms with Crippen LogP contribution in [0.2, 0.25) is 0 Å². The van der Waals surface area contributed by atoms with Gasteiger partial charge in [0.15, 0.2) is 0 Å². The van der Waals surface area contributed by atoms with Crippen LogP contribution in [0.1, 0.15) is 5.69 Å². The topological polar surface area (TPSA) is 112 Å². The molecule has 3 aromatic heterocycles. The van der Waals surface area contributed by atoms with E-state index in [4.69, 9.17) is 0 Å². The first kappa shape index (κ1) is 23.3. The summed E-state index contributed by atoms with van der Waals surface area (Å²) in [6, 6.07) is 20.0. The van der Waals surface area contributed by atoms with Gasteiger partial charge in [-0.15, -0.1) is 11.3 Å². The van der Waals surface area contributed by atoms with Gasteiger partial charge in [0.25, 0.3) is 11.1 Å². The van der Waals surface area contributed by atoms with Crippen molar-refractivity contribution in [1.29, 1.82) is 0 Å². The van der Waals surface area contributed by atoms with E-state index in [-0.39, 0.29) is 36.7 Å². The number of amides is 1. The number of fused-ring (bicyclic) bond motifs is 1. The van der Waals surface area contributed by atoms with Crippen molar-refractivity contribution in [3.63, 3.8) is 0 Å². The normalized spacial score (nSPS) is 11.0. The summed E-state index contributed by atoms with van der Waals surface area (Å²) < 4.78 is 2.58.